The molecule has 2 amide bonds. The normalized spacial score (nSPS) is 15.0. The first-order chi connectivity index (χ1) is 11.9. The SMILES string of the molecule is COC(=O)C(CC(=O)ON1C(=O)CCC1=O)SC(=O)c1ccccc1. The van der Waals surface area contributed by atoms with Crippen LogP contribution in [0.1, 0.15) is 29.6 Å². The Morgan fingerprint density at radius 2 is 1.72 bits per heavy atom. The third-order valence-electron chi connectivity index (χ3n) is 3.27. The quantitative estimate of drug-likeness (QED) is 0.545. The van der Waals surface area contributed by atoms with Gasteiger partial charge in [-0.15, -0.1) is 5.06 Å². The summed E-state index contributed by atoms with van der Waals surface area (Å²) in [6.45, 7) is 0. The van der Waals surface area contributed by atoms with Crippen molar-refractivity contribution < 1.29 is 33.5 Å². The molecule has 0 N–H and O–H groups in total. The van der Waals surface area contributed by atoms with Crippen molar-refractivity contribution in [2.24, 2.45) is 0 Å². The Balaban J connectivity index is 2.01. The van der Waals surface area contributed by atoms with Crippen LogP contribution in [0.15, 0.2) is 30.3 Å². The summed E-state index contributed by atoms with van der Waals surface area (Å²) in [4.78, 5) is 63.5. The van der Waals surface area contributed by atoms with Gasteiger partial charge in [0.05, 0.1) is 13.5 Å². The van der Waals surface area contributed by atoms with Crippen molar-refractivity contribution in [3.63, 3.8) is 0 Å². The van der Waals surface area contributed by atoms with E-state index in [-0.39, 0.29) is 12.8 Å². The Bertz CT molecular complexity index is 688. The number of imide groups is 1. The number of hydroxylamine groups is 2. The highest BCUT2D eigenvalue weighted by Crippen LogP contribution is 2.23. The van der Waals surface area contributed by atoms with Crippen LogP contribution in [0.4, 0.5) is 0 Å². The first-order valence-electron chi connectivity index (χ1n) is 7.32. The molecule has 0 aliphatic carbocycles. The van der Waals surface area contributed by atoms with Crippen molar-refractivity contribution in [1.82, 2.24) is 5.06 Å². The Morgan fingerprint density at radius 3 is 2.28 bits per heavy atom. The standard InChI is InChI=1S/C16H15NO7S/c1-23-15(21)11(25-16(22)10-5-3-2-4-6-10)9-14(20)24-17-12(18)7-8-13(17)19/h2-6,11H,7-9H2,1H3. The summed E-state index contributed by atoms with van der Waals surface area (Å²) >= 11 is 0.616. The van der Waals surface area contributed by atoms with E-state index in [0.29, 0.717) is 22.4 Å². The molecule has 0 saturated carbocycles. The maximum atomic E-state index is 12.2. The summed E-state index contributed by atoms with van der Waals surface area (Å²) in [6.07, 6.45) is -0.589. The molecule has 1 aliphatic rings. The molecule has 0 aromatic heterocycles. The van der Waals surface area contributed by atoms with Crippen molar-refractivity contribution in [2.45, 2.75) is 24.5 Å². The first-order valence-corrected chi connectivity index (χ1v) is 8.20. The predicted molar refractivity (Wildman–Crippen MR) is 86.0 cm³/mol. The number of amides is 2. The van der Waals surface area contributed by atoms with E-state index in [0.717, 1.165) is 7.11 Å². The van der Waals surface area contributed by atoms with E-state index in [1.807, 2.05) is 0 Å². The van der Waals surface area contributed by atoms with Gasteiger partial charge in [-0.05, 0) is 0 Å². The van der Waals surface area contributed by atoms with Crippen molar-refractivity contribution in [2.75, 3.05) is 7.11 Å². The van der Waals surface area contributed by atoms with Crippen LogP contribution in [0.2, 0.25) is 0 Å². The van der Waals surface area contributed by atoms with E-state index in [1.165, 1.54) is 0 Å². The molecule has 1 unspecified atom stereocenters. The number of carbonyl (C=O) groups excluding carboxylic acids is 5. The zero-order valence-electron chi connectivity index (χ0n) is 13.3. The van der Waals surface area contributed by atoms with Crippen LogP contribution < -0.4 is 0 Å². The topological polar surface area (TPSA) is 107 Å². The van der Waals surface area contributed by atoms with Gasteiger partial charge in [0.25, 0.3) is 11.8 Å². The van der Waals surface area contributed by atoms with Gasteiger partial charge >= 0.3 is 11.9 Å². The molecule has 0 radical (unpaired) electrons. The number of hydrogen-bond donors (Lipinski definition) is 0. The van der Waals surface area contributed by atoms with Gasteiger partial charge in [-0.1, -0.05) is 42.1 Å². The average Bonchev–Trinajstić information content (AvgIpc) is 2.93. The molecule has 0 bridgehead atoms. The summed E-state index contributed by atoms with van der Waals surface area (Å²) < 4.78 is 4.59. The summed E-state index contributed by atoms with van der Waals surface area (Å²) in [5, 5.41) is -1.18. The lowest BCUT2D eigenvalue weighted by Gasteiger charge is -2.16. The van der Waals surface area contributed by atoms with Crippen molar-refractivity contribution in [1.29, 1.82) is 0 Å². The molecule has 2 rings (SSSR count). The number of benzene rings is 1. The molecule has 1 fully saturated rings. The lowest BCUT2D eigenvalue weighted by atomic mass is 10.2. The van der Waals surface area contributed by atoms with E-state index in [9.17, 15) is 24.0 Å². The minimum atomic E-state index is -1.15. The van der Waals surface area contributed by atoms with E-state index in [1.54, 1.807) is 30.3 Å². The minimum Gasteiger partial charge on any atom is -0.468 e. The molecule has 1 saturated heterocycles. The minimum absolute atomic E-state index is 0.0339. The number of thioether (sulfide) groups is 1. The van der Waals surface area contributed by atoms with Gasteiger partial charge in [0, 0.05) is 18.4 Å². The smallest absolute Gasteiger partial charge is 0.334 e. The van der Waals surface area contributed by atoms with E-state index in [4.69, 9.17) is 4.84 Å². The van der Waals surface area contributed by atoms with Crippen LogP contribution in [0.5, 0.6) is 0 Å². The maximum absolute atomic E-state index is 12.2. The van der Waals surface area contributed by atoms with Crippen LogP contribution in [0.3, 0.4) is 0 Å². The summed E-state index contributed by atoms with van der Waals surface area (Å²) in [7, 11) is 1.13. The number of ether oxygens (including phenoxy) is 1. The third-order valence-corrected chi connectivity index (χ3v) is 4.37. The third kappa shape index (κ3) is 4.90. The molecule has 1 aromatic rings. The van der Waals surface area contributed by atoms with E-state index in [2.05, 4.69) is 4.74 Å². The molecule has 8 nitrogen and oxygen atoms in total. The number of nitrogens with zero attached hydrogens (tertiary/aromatic N) is 1. The fourth-order valence-electron chi connectivity index (χ4n) is 2.02. The fraction of sp³-hybridized carbons (Fsp3) is 0.312. The number of methoxy groups -OCH3 is 1. The average molecular weight is 365 g/mol. The van der Waals surface area contributed by atoms with Crippen LogP contribution >= 0.6 is 11.8 Å². The highest BCUT2D eigenvalue weighted by molar-refractivity contribution is 8.15. The van der Waals surface area contributed by atoms with Gasteiger partial charge in [-0.25, -0.2) is 4.79 Å². The summed E-state index contributed by atoms with van der Waals surface area (Å²) in [6, 6.07) is 8.22. The highest BCUT2D eigenvalue weighted by Gasteiger charge is 2.35. The predicted octanol–water partition coefficient (Wildman–Crippen LogP) is 1.10. The van der Waals surface area contributed by atoms with Gasteiger partial charge in [0.15, 0.2) is 0 Å². The van der Waals surface area contributed by atoms with Crippen molar-refractivity contribution in [3.8, 4) is 0 Å². The van der Waals surface area contributed by atoms with E-state index < -0.39 is 40.5 Å². The maximum Gasteiger partial charge on any atom is 0.334 e. The van der Waals surface area contributed by atoms with Gasteiger partial charge in [0.2, 0.25) is 5.12 Å². The van der Waals surface area contributed by atoms with Crippen LogP contribution in [-0.2, 0) is 28.8 Å². The molecular weight excluding hydrogens is 350 g/mol. The zero-order chi connectivity index (χ0) is 18.4. The second-order valence-electron chi connectivity index (χ2n) is 5.03. The lowest BCUT2D eigenvalue weighted by molar-refractivity contribution is -0.197. The van der Waals surface area contributed by atoms with Crippen molar-refractivity contribution >= 4 is 40.6 Å². The molecule has 0 spiro atoms. The molecule has 9 heteroatoms. The van der Waals surface area contributed by atoms with Gasteiger partial charge in [0.1, 0.15) is 5.25 Å². The molecule has 132 valence electrons. The zero-order valence-corrected chi connectivity index (χ0v) is 14.1. The van der Waals surface area contributed by atoms with Crippen LogP contribution in [-0.4, -0.2) is 46.3 Å². The Hall–Kier alpha value is -2.68. The molecule has 1 atom stereocenters. The monoisotopic (exact) mass is 365 g/mol. The molecular formula is C16H15NO7S. The number of hydrogen-bond acceptors (Lipinski definition) is 8. The highest BCUT2D eigenvalue weighted by atomic mass is 32.2. The molecule has 1 aromatic carbocycles. The summed E-state index contributed by atoms with van der Waals surface area (Å²) in [5.41, 5.74) is 0.361. The van der Waals surface area contributed by atoms with Gasteiger partial charge in [-0.2, -0.15) is 0 Å². The second kappa shape index (κ2) is 8.43. The number of esters is 1. The molecule has 1 aliphatic heterocycles. The largest absolute Gasteiger partial charge is 0.468 e. The van der Waals surface area contributed by atoms with E-state index >= 15 is 0 Å². The Morgan fingerprint density at radius 1 is 1.12 bits per heavy atom. The van der Waals surface area contributed by atoms with Gasteiger partial charge < -0.3 is 9.57 Å². The van der Waals surface area contributed by atoms with Gasteiger partial charge in [-0.3, -0.25) is 19.2 Å². The number of carbonyl (C=O) groups is 5. The fourth-order valence-corrected chi connectivity index (χ4v) is 2.97. The molecule has 1 heterocycles. The van der Waals surface area contributed by atoms with Crippen LogP contribution in [0, 0.1) is 0 Å². The Labute approximate surface area is 147 Å². The Kier molecular flexibility index (Phi) is 6.29. The van der Waals surface area contributed by atoms with Crippen molar-refractivity contribution in [3.05, 3.63) is 35.9 Å². The van der Waals surface area contributed by atoms with Crippen LogP contribution in [0.25, 0.3) is 0 Å². The first kappa shape index (κ1) is 18.7. The molecule has 25 heavy (non-hydrogen) atoms. The lowest BCUT2D eigenvalue weighted by Crippen LogP contribution is -2.34. The number of rotatable bonds is 6. The second-order valence-corrected chi connectivity index (χ2v) is 6.21. The summed E-state index contributed by atoms with van der Waals surface area (Å²) in [5.74, 6) is -3.01.